The van der Waals surface area contributed by atoms with E-state index in [2.05, 4.69) is 4.74 Å². The number of benzene rings is 2. The smallest absolute Gasteiger partial charge is 0.337 e. The van der Waals surface area contributed by atoms with E-state index in [1.54, 1.807) is 31.4 Å². The van der Waals surface area contributed by atoms with Crippen LogP contribution in [0.25, 0.3) is 0 Å². The first kappa shape index (κ1) is 19.3. The molecule has 0 aliphatic carbocycles. The summed E-state index contributed by atoms with van der Waals surface area (Å²) < 4.78 is 35.8. The maximum Gasteiger partial charge on any atom is 0.337 e. The van der Waals surface area contributed by atoms with E-state index in [4.69, 9.17) is 14.2 Å². The van der Waals surface area contributed by atoms with Gasteiger partial charge in [0.15, 0.2) is 0 Å². The Bertz CT molecular complexity index is 782. The first-order valence-electron chi connectivity index (χ1n) is 8.80. The average Bonchev–Trinajstić information content (AvgIpc) is 2.72. The molecule has 0 spiro atoms. The molecule has 27 heavy (non-hydrogen) atoms. The number of rotatable bonds is 6. The predicted molar refractivity (Wildman–Crippen MR) is 97.3 cm³/mol. The van der Waals surface area contributed by atoms with E-state index < -0.39 is 11.6 Å². The highest BCUT2D eigenvalue weighted by molar-refractivity contribution is 5.89. The third kappa shape index (κ3) is 4.46. The Morgan fingerprint density at radius 1 is 1.11 bits per heavy atom. The average molecular weight is 374 g/mol. The molecule has 1 heterocycles. The van der Waals surface area contributed by atoms with Crippen molar-refractivity contribution in [1.82, 2.24) is 0 Å². The molecule has 0 radical (unpaired) electrons. The van der Waals surface area contributed by atoms with Crippen LogP contribution in [0, 0.1) is 5.82 Å². The minimum atomic E-state index is -0.555. The van der Waals surface area contributed by atoms with Gasteiger partial charge in [-0.25, -0.2) is 9.18 Å². The van der Waals surface area contributed by atoms with Gasteiger partial charge in [0.05, 0.1) is 18.3 Å². The van der Waals surface area contributed by atoms with E-state index in [1.807, 2.05) is 6.07 Å². The van der Waals surface area contributed by atoms with Gasteiger partial charge in [0.2, 0.25) is 0 Å². The van der Waals surface area contributed by atoms with E-state index in [0.717, 1.165) is 11.1 Å². The fourth-order valence-electron chi connectivity index (χ4n) is 3.24. The maximum atomic E-state index is 14.2. The van der Waals surface area contributed by atoms with Crippen LogP contribution < -0.4 is 4.74 Å². The topological polar surface area (TPSA) is 54.0 Å². The Kier molecular flexibility index (Phi) is 6.08. The van der Waals surface area contributed by atoms with Crippen LogP contribution in [-0.2, 0) is 26.4 Å². The summed E-state index contributed by atoms with van der Waals surface area (Å²) in [6.07, 6.45) is 1.34. The van der Waals surface area contributed by atoms with E-state index in [1.165, 1.54) is 19.2 Å². The third-order valence-corrected chi connectivity index (χ3v) is 4.87. The summed E-state index contributed by atoms with van der Waals surface area (Å²) in [6.45, 7) is 1.41. The Morgan fingerprint density at radius 2 is 1.81 bits per heavy atom. The predicted octanol–water partition coefficient (Wildman–Crippen LogP) is 3.84. The van der Waals surface area contributed by atoms with Crippen molar-refractivity contribution < 1.29 is 28.1 Å². The van der Waals surface area contributed by atoms with Crippen LogP contribution in [0.1, 0.15) is 34.3 Å². The van der Waals surface area contributed by atoms with E-state index in [-0.39, 0.29) is 12.4 Å². The number of halogens is 1. The number of carbonyl (C=O) groups excluding carboxylic acids is 1. The quantitative estimate of drug-likeness (QED) is 0.719. The summed E-state index contributed by atoms with van der Waals surface area (Å²) in [5.74, 6) is -0.324. The lowest BCUT2D eigenvalue weighted by molar-refractivity contribution is -0.0950. The van der Waals surface area contributed by atoms with Gasteiger partial charge in [0, 0.05) is 39.2 Å². The van der Waals surface area contributed by atoms with Crippen LogP contribution in [0.15, 0.2) is 42.5 Å². The lowest BCUT2D eigenvalue weighted by Crippen LogP contribution is -2.35. The van der Waals surface area contributed by atoms with Crippen LogP contribution >= 0.6 is 0 Å². The zero-order valence-electron chi connectivity index (χ0n) is 15.5. The second-order valence-electron chi connectivity index (χ2n) is 6.46. The second kappa shape index (κ2) is 8.50. The van der Waals surface area contributed by atoms with Gasteiger partial charge in [-0.2, -0.15) is 0 Å². The van der Waals surface area contributed by atoms with Crippen molar-refractivity contribution in [2.24, 2.45) is 0 Å². The summed E-state index contributed by atoms with van der Waals surface area (Å²) in [4.78, 5) is 11.5. The van der Waals surface area contributed by atoms with Crippen molar-refractivity contribution in [1.29, 1.82) is 0 Å². The van der Waals surface area contributed by atoms with Gasteiger partial charge < -0.3 is 18.9 Å². The standard InChI is InChI=1S/C21H23FO5/c1-24-20(23)16-5-3-15(4-6-16)14-27-19-12-17(11-18(22)13-19)21(25-2)7-9-26-10-8-21/h3-6,11-13H,7-10,14H2,1-2H3. The number of hydrogen-bond donors (Lipinski definition) is 0. The summed E-state index contributed by atoms with van der Waals surface area (Å²) in [7, 11) is 2.98. The van der Waals surface area contributed by atoms with Gasteiger partial charge in [-0.3, -0.25) is 0 Å². The molecule has 144 valence electrons. The molecule has 3 rings (SSSR count). The van der Waals surface area contributed by atoms with Crippen molar-refractivity contribution in [3.8, 4) is 5.75 Å². The molecule has 0 N–H and O–H groups in total. The molecular weight excluding hydrogens is 351 g/mol. The molecule has 0 atom stereocenters. The van der Waals surface area contributed by atoms with Crippen molar-refractivity contribution in [2.75, 3.05) is 27.4 Å². The summed E-state index contributed by atoms with van der Waals surface area (Å²) in [5.41, 5.74) is 1.53. The summed E-state index contributed by atoms with van der Waals surface area (Å²) in [6, 6.07) is 11.6. The van der Waals surface area contributed by atoms with Gasteiger partial charge in [-0.05, 0) is 35.4 Å². The molecule has 2 aromatic carbocycles. The molecule has 1 aliphatic rings. The zero-order chi connectivity index (χ0) is 19.3. The molecule has 5 nitrogen and oxygen atoms in total. The highest BCUT2D eigenvalue weighted by Crippen LogP contribution is 2.37. The number of methoxy groups -OCH3 is 2. The van der Waals surface area contributed by atoms with Crippen LogP contribution in [0.4, 0.5) is 4.39 Å². The SMILES string of the molecule is COC(=O)c1ccc(COc2cc(F)cc(C3(OC)CCOCC3)c2)cc1. The molecule has 6 heteroatoms. The Balaban J connectivity index is 1.74. The summed E-state index contributed by atoms with van der Waals surface area (Å²) in [5, 5.41) is 0. The first-order valence-corrected chi connectivity index (χ1v) is 8.80. The third-order valence-electron chi connectivity index (χ3n) is 4.87. The molecular formula is C21H23FO5. The second-order valence-corrected chi connectivity index (χ2v) is 6.46. The zero-order valence-corrected chi connectivity index (χ0v) is 15.5. The molecule has 0 bridgehead atoms. The monoisotopic (exact) mass is 374 g/mol. The number of carbonyl (C=O) groups is 1. The molecule has 0 amide bonds. The van der Waals surface area contributed by atoms with E-state index in [0.29, 0.717) is 37.4 Å². The lowest BCUT2D eigenvalue weighted by Gasteiger charge is -2.36. The fourth-order valence-corrected chi connectivity index (χ4v) is 3.24. The van der Waals surface area contributed by atoms with Gasteiger partial charge >= 0.3 is 5.97 Å². The molecule has 1 aliphatic heterocycles. The molecule has 1 fully saturated rings. The van der Waals surface area contributed by atoms with Crippen LogP contribution in [0.2, 0.25) is 0 Å². The van der Waals surface area contributed by atoms with Crippen molar-refractivity contribution >= 4 is 5.97 Å². The fraction of sp³-hybridized carbons (Fsp3) is 0.381. The lowest BCUT2D eigenvalue weighted by atomic mass is 9.86. The Labute approximate surface area is 158 Å². The van der Waals surface area contributed by atoms with Crippen LogP contribution in [0.5, 0.6) is 5.75 Å². The molecule has 0 unspecified atom stereocenters. The Morgan fingerprint density at radius 3 is 2.44 bits per heavy atom. The van der Waals surface area contributed by atoms with Crippen LogP contribution in [-0.4, -0.2) is 33.4 Å². The number of ether oxygens (including phenoxy) is 4. The minimum Gasteiger partial charge on any atom is -0.489 e. The van der Waals surface area contributed by atoms with Gasteiger partial charge in [-0.15, -0.1) is 0 Å². The van der Waals surface area contributed by atoms with Crippen LogP contribution in [0.3, 0.4) is 0 Å². The minimum absolute atomic E-state index is 0.257. The van der Waals surface area contributed by atoms with E-state index in [9.17, 15) is 9.18 Å². The number of hydrogen-bond acceptors (Lipinski definition) is 5. The van der Waals surface area contributed by atoms with Crippen molar-refractivity contribution in [2.45, 2.75) is 25.0 Å². The number of esters is 1. The van der Waals surface area contributed by atoms with Gasteiger partial charge in [0.1, 0.15) is 18.2 Å². The molecule has 1 saturated heterocycles. The molecule has 2 aromatic rings. The Hall–Kier alpha value is -2.44. The summed E-state index contributed by atoms with van der Waals surface area (Å²) >= 11 is 0. The molecule has 0 saturated carbocycles. The highest BCUT2D eigenvalue weighted by atomic mass is 19.1. The molecule has 0 aromatic heterocycles. The largest absolute Gasteiger partial charge is 0.489 e. The van der Waals surface area contributed by atoms with Crippen molar-refractivity contribution in [3.63, 3.8) is 0 Å². The first-order chi connectivity index (χ1) is 13.1. The van der Waals surface area contributed by atoms with Gasteiger partial charge in [0.25, 0.3) is 0 Å². The van der Waals surface area contributed by atoms with Gasteiger partial charge in [-0.1, -0.05) is 12.1 Å². The highest BCUT2D eigenvalue weighted by Gasteiger charge is 2.35. The van der Waals surface area contributed by atoms with E-state index >= 15 is 0 Å². The maximum absolute atomic E-state index is 14.2. The normalized spacial score (nSPS) is 16.0. The van der Waals surface area contributed by atoms with Crippen molar-refractivity contribution in [3.05, 3.63) is 65.0 Å².